The van der Waals surface area contributed by atoms with Crippen molar-refractivity contribution in [3.05, 3.63) is 24.3 Å². The summed E-state index contributed by atoms with van der Waals surface area (Å²) in [5.41, 5.74) is 0. The van der Waals surface area contributed by atoms with E-state index in [1.165, 1.54) is 44.9 Å². The number of hydrogen-bond donors (Lipinski definition) is 2. The van der Waals surface area contributed by atoms with Gasteiger partial charge in [0.2, 0.25) is 5.91 Å². The van der Waals surface area contributed by atoms with E-state index in [4.69, 9.17) is 0 Å². The van der Waals surface area contributed by atoms with Gasteiger partial charge >= 0.3 is 0 Å². The summed E-state index contributed by atoms with van der Waals surface area (Å²) in [6.07, 6.45) is 19.0. The van der Waals surface area contributed by atoms with Crippen molar-refractivity contribution >= 4 is 18.5 Å². The van der Waals surface area contributed by atoms with Gasteiger partial charge in [-0.15, -0.1) is 0 Å². The molecule has 0 aromatic heterocycles. The molecule has 0 aromatic rings. The van der Waals surface area contributed by atoms with Crippen molar-refractivity contribution in [1.82, 2.24) is 5.32 Å². The number of rotatable bonds is 12. The molecule has 0 heterocycles. The summed E-state index contributed by atoms with van der Waals surface area (Å²) in [5.74, 6) is 1.62. The Hall–Kier alpha value is -0.700. The highest BCUT2D eigenvalue weighted by atomic mass is 32.1. The molecular formula is C17H29NOS. The molecule has 2 nitrogen and oxygen atoms in total. The van der Waals surface area contributed by atoms with Crippen LogP contribution in [0.1, 0.15) is 57.8 Å². The van der Waals surface area contributed by atoms with Crippen LogP contribution in [0.5, 0.6) is 0 Å². The van der Waals surface area contributed by atoms with Crippen LogP contribution in [0.2, 0.25) is 0 Å². The number of carbonyl (C=O) groups excluding carboxylic acids is 1. The minimum atomic E-state index is 0.201. The highest BCUT2D eigenvalue weighted by molar-refractivity contribution is 7.80. The Bertz CT molecular complexity index is 300. The predicted octanol–water partition coefficient (Wildman–Crippen LogP) is 4.29. The Balaban J connectivity index is 1.82. The molecule has 114 valence electrons. The molecule has 0 atom stereocenters. The second kappa shape index (κ2) is 12.1. The number of unbranched alkanes of at least 4 members (excludes halogenated alkanes) is 7. The van der Waals surface area contributed by atoms with Crippen molar-refractivity contribution in [2.45, 2.75) is 57.8 Å². The molecular weight excluding hydrogens is 266 g/mol. The van der Waals surface area contributed by atoms with Crippen molar-refractivity contribution in [3.8, 4) is 0 Å². The standard InChI is InChI=1S/C17H29NOS/c19-17(18-15-16-11-8-9-12-16)13-7-5-3-1-2-4-6-10-14-20/h8-9,11-12,16,20H,1-7,10,13-15H2,(H,18,19). The molecule has 0 spiro atoms. The third-order valence-corrected chi connectivity index (χ3v) is 3.99. The lowest BCUT2D eigenvalue weighted by atomic mass is 10.1. The Labute approximate surface area is 129 Å². The molecule has 20 heavy (non-hydrogen) atoms. The molecule has 1 aliphatic rings. The smallest absolute Gasteiger partial charge is 0.220 e. The third-order valence-electron chi connectivity index (χ3n) is 3.67. The van der Waals surface area contributed by atoms with Crippen LogP contribution in [-0.4, -0.2) is 18.2 Å². The highest BCUT2D eigenvalue weighted by Crippen LogP contribution is 2.10. The lowest BCUT2D eigenvalue weighted by Crippen LogP contribution is -2.27. The lowest BCUT2D eigenvalue weighted by Gasteiger charge is -2.08. The molecule has 1 amide bonds. The van der Waals surface area contributed by atoms with Gasteiger partial charge in [0.05, 0.1) is 0 Å². The Morgan fingerprint density at radius 1 is 0.900 bits per heavy atom. The molecule has 0 unspecified atom stereocenters. The maximum atomic E-state index is 11.6. The van der Waals surface area contributed by atoms with Gasteiger partial charge in [-0.05, 0) is 18.6 Å². The van der Waals surface area contributed by atoms with Crippen LogP contribution in [0.4, 0.5) is 0 Å². The second-order valence-electron chi connectivity index (χ2n) is 5.54. The number of thiol groups is 1. The van der Waals surface area contributed by atoms with E-state index >= 15 is 0 Å². The van der Waals surface area contributed by atoms with Gasteiger partial charge in [0.25, 0.3) is 0 Å². The van der Waals surface area contributed by atoms with E-state index in [2.05, 4.69) is 30.1 Å². The number of hydrogen-bond acceptors (Lipinski definition) is 2. The zero-order valence-corrected chi connectivity index (χ0v) is 13.4. The summed E-state index contributed by atoms with van der Waals surface area (Å²) in [6, 6.07) is 0. The first kappa shape index (κ1) is 17.4. The number of amides is 1. The van der Waals surface area contributed by atoms with Gasteiger partial charge in [0.1, 0.15) is 0 Å². The maximum absolute atomic E-state index is 11.6. The normalized spacial score (nSPS) is 14.1. The number of carbonyl (C=O) groups is 1. The topological polar surface area (TPSA) is 29.1 Å². The summed E-state index contributed by atoms with van der Waals surface area (Å²) in [4.78, 5) is 11.6. The highest BCUT2D eigenvalue weighted by Gasteiger charge is 2.06. The molecule has 0 aromatic carbocycles. The Kier molecular flexibility index (Phi) is 10.5. The van der Waals surface area contributed by atoms with E-state index in [-0.39, 0.29) is 5.91 Å². The van der Waals surface area contributed by atoms with E-state index in [9.17, 15) is 4.79 Å². The Morgan fingerprint density at radius 2 is 1.45 bits per heavy atom. The van der Waals surface area contributed by atoms with Crippen LogP contribution >= 0.6 is 12.6 Å². The van der Waals surface area contributed by atoms with Crippen LogP contribution in [0, 0.1) is 5.92 Å². The summed E-state index contributed by atoms with van der Waals surface area (Å²) in [7, 11) is 0. The first-order valence-corrected chi connectivity index (χ1v) is 8.68. The average molecular weight is 295 g/mol. The van der Waals surface area contributed by atoms with Gasteiger partial charge in [-0.25, -0.2) is 0 Å². The maximum Gasteiger partial charge on any atom is 0.220 e. The van der Waals surface area contributed by atoms with Crippen molar-refractivity contribution < 1.29 is 4.79 Å². The fourth-order valence-corrected chi connectivity index (χ4v) is 2.62. The van der Waals surface area contributed by atoms with Gasteiger partial charge < -0.3 is 5.32 Å². The van der Waals surface area contributed by atoms with Crippen LogP contribution in [0.25, 0.3) is 0 Å². The molecule has 1 N–H and O–H groups in total. The summed E-state index contributed by atoms with van der Waals surface area (Å²) in [5, 5.41) is 3.00. The zero-order chi connectivity index (χ0) is 14.5. The van der Waals surface area contributed by atoms with Crippen molar-refractivity contribution in [2.24, 2.45) is 5.92 Å². The average Bonchev–Trinajstić information content (AvgIpc) is 2.96. The van der Waals surface area contributed by atoms with Crippen molar-refractivity contribution in [2.75, 3.05) is 12.3 Å². The lowest BCUT2D eigenvalue weighted by molar-refractivity contribution is -0.121. The monoisotopic (exact) mass is 295 g/mol. The summed E-state index contributed by atoms with van der Waals surface area (Å²) >= 11 is 4.21. The molecule has 1 rings (SSSR count). The molecule has 3 heteroatoms. The quantitative estimate of drug-likeness (QED) is 0.408. The van der Waals surface area contributed by atoms with Crippen LogP contribution in [0.3, 0.4) is 0 Å². The van der Waals surface area contributed by atoms with Gasteiger partial charge in [0, 0.05) is 18.9 Å². The summed E-state index contributed by atoms with van der Waals surface area (Å²) < 4.78 is 0. The van der Waals surface area contributed by atoms with Crippen LogP contribution in [0.15, 0.2) is 24.3 Å². The van der Waals surface area contributed by atoms with E-state index in [0.29, 0.717) is 12.3 Å². The fraction of sp³-hybridized carbons (Fsp3) is 0.706. The SMILES string of the molecule is O=C(CCCCCCCCCCS)NCC1C=CC=C1. The van der Waals surface area contributed by atoms with E-state index in [1.54, 1.807) is 0 Å². The molecule has 0 saturated carbocycles. The number of allylic oxidation sites excluding steroid dienone is 2. The van der Waals surface area contributed by atoms with Gasteiger partial charge in [0.15, 0.2) is 0 Å². The fourth-order valence-electron chi connectivity index (χ4n) is 2.39. The number of nitrogens with one attached hydrogen (secondary N) is 1. The van der Waals surface area contributed by atoms with Gasteiger partial charge in [-0.1, -0.05) is 62.8 Å². The van der Waals surface area contributed by atoms with Gasteiger partial charge in [-0.2, -0.15) is 12.6 Å². The van der Waals surface area contributed by atoms with Crippen molar-refractivity contribution in [1.29, 1.82) is 0 Å². The first-order chi connectivity index (χ1) is 9.83. The van der Waals surface area contributed by atoms with Crippen LogP contribution < -0.4 is 5.32 Å². The predicted molar refractivity (Wildman–Crippen MR) is 90.2 cm³/mol. The molecule has 0 radical (unpaired) electrons. The minimum absolute atomic E-state index is 0.201. The van der Waals surface area contributed by atoms with E-state index < -0.39 is 0 Å². The minimum Gasteiger partial charge on any atom is -0.355 e. The van der Waals surface area contributed by atoms with Crippen LogP contribution in [-0.2, 0) is 4.79 Å². The van der Waals surface area contributed by atoms with Crippen molar-refractivity contribution in [3.63, 3.8) is 0 Å². The van der Waals surface area contributed by atoms with Gasteiger partial charge in [-0.3, -0.25) is 4.79 Å². The third kappa shape index (κ3) is 9.24. The molecule has 0 aliphatic heterocycles. The molecule has 0 fully saturated rings. The first-order valence-electron chi connectivity index (χ1n) is 8.05. The largest absolute Gasteiger partial charge is 0.355 e. The summed E-state index contributed by atoms with van der Waals surface area (Å²) in [6.45, 7) is 0.747. The second-order valence-corrected chi connectivity index (χ2v) is 5.99. The molecule has 0 saturated heterocycles. The zero-order valence-electron chi connectivity index (χ0n) is 12.5. The molecule has 0 bridgehead atoms. The Morgan fingerprint density at radius 3 is 2.05 bits per heavy atom. The van der Waals surface area contributed by atoms with E-state index in [0.717, 1.165) is 18.7 Å². The molecule has 1 aliphatic carbocycles. The van der Waals surface area contributed by atoms with E-state index in [1.807, 2.05) is 12.2 Å².